The second-order valence-corrected chi connectivity index (χ2v) is 1.82. The van der Waals surface area contributed by atoms with Gasteiger partial charge < -0.3 is 15.2 Å². The first-order valence-electron chi connectivity index (χ1n) is 2.99. The van der Waals surface area contributed by atoms with Crippen LogP contribution in [0.4, 0.5) is 5.82 Å². The molecule has 5 heteroatoms. The van der Waals surface area contributed by atoms with Gasteiger partial charge in [-0.3, -0.25) is 0 Å². The Morgan fingerprint density at radius 2 is 2.00 bits per heavy atom. The molecule has 0 saturated carbocycles. The zero-order valence-electron chi connectivity index (χ0n) is 6.37. The van der Waals surface area contributed by atoms with Gasteiger partial charge in [-0.25, -0.2) is 0 Å². The van der Waals surface area contributed by atoms with Crippen molar-refractivity contribution in [2.45, 2.75) is 0 Å². The molecular weight excluding hydrogens is 147 g/mol. The molecule has 0 saturated heterocycles. The molecule has 0 amide bonds. The Bertz CT molecular complexity index is 229. The quantitative estimate of drug-likeness (QED) is 0.614. The van der Waals surface area contributed by atoms with E-state index in [-0.39, 0.29) is 6.01 Å². The maximum atomic E-state index is 5.40. The number of aromatic nitrogens is 2. The summed E-state index contributed by atoms with van der Waals surface area (Å²) in [7, 11) is 2.97. The molecular formula is C6H9N3O2. The van der Waals surface area contributed by atoms with Crippen LogP contribution in [0.2, 0.25) is 0 Å². The maximum absolute atomic E-state index is 5.40. The van der Waals surface area contributed by atoms with Crippen molar-refractivity contribution in [1.82, 2.24) is 9.97 Å². The van der Waals surface area contributed by atoms with Crippen LogP contribution in [-0.2, 0) is 0 Å². The summed E-state index contributed by atoms with van der Waals surface area (Å²) < 4.78 is 9.58. The van der Waals surface area contributed by atoms with Gasteiger partial charge in [0.15, 0.2) is 0 Å². The summed E-state index contributed by atoms with van der Waals surface area (Å²) in [5.74, 6) is 0.725. The third-order valence-electron chi connectivity index (χ3n) is 1.09. The van der Waals surface area contributed by atoms with Crippen LogP contribution in [0.15, 0.2) is 6.07 Å². The number of hydrogen-bond donors (Lipinski definition) is 1. The van der Waals surface area contributed by atoms with Crippen molar-refractivity contribution in [3.8, 4) is 11.9 Å². The van der Waals surface area contributed by atoms with Crippen molar-refractivity contribution < 1.29 is 9.47 Å². The van der Waals surface area contributed by atoms with E-state index in [9.17, 15) is 0 Å². The number of nitrogens with zero attached hydrogens (tertiary/aromatic N) is 2. The summed E-state index contributed by atoms with van der Waals surface area (Å²) in [4.78, 5) is 7.60. The van der Waals surface area contributed by atoms with Crippen LogP contribution >= 0.6 is 0 Å². The van der Waals surface area contributed by atoms with E-state index >= 15 is 0 Å². The average Bonchev–Trinajstić information content (AvgIpc) is 2.03. The summed E-state index contributed by atoms with van der Waals surface area (Å²) in [6, 6.07) is 1.73. The fraction of sp³-hybridized carbons (Fsp3) is 0.333. The topological polar surface area (TPSA) is 70.3 Å². The Balaban J connectivity index is 3.02. The van der Waals surface area contributed by atoms with E-state index < -0.39 is 0 Å². The highest BCUT2D eigenvalue weighted by molar-refractivity contribution is 5.34. The summed E-state index contributed by atoms with van der Waals surface area (Å²) in [5.41, 5.74) is 5.40. The van der Waals surface area contributed by atoms with Crippen molar-refractivity contribution in [3.63, 3.8) is 0 Å². The van der Waals surface area contributed by atoms with Crippen LogP contribution in [0, 0.1) is 0 Å². The Morgan fingerprint density at radius 1 is 1.27 bits per heavy atom. The molecule has 0 aromatic carbocycles. The van der Waals surface area contributed by atoms with E-state index in [0.717, 1.165) is 0 Å². The number of nitrogen functional groups attached to an aromatic ring is 1. The fourth-order valence-corrected chi connectivity index (χ4v) is 0.617. The van der Waals surface area contributed by atoms with Crippen molar-refractivity contribution in [2.75, 3.05) is 20.0 Å². The summed E-state index contributed by atoms with van der Waals surface area (Å²) in [6.45, 7) is 0. The van der Waals surface area contributed by atoms with Gasteiger partial charge >= 0.3 is 6.01 Å². The zero-order valence-corrected chi connectivity index (χ0v) is 6.37. The molecule has 5 nitrogen and oxygen atoms in total. The largest absolute Gasteiger partial charge is 0.481 e. The van der Waals surface area contributed by atoms with Gasteiger partial charge in [0, 0.05) is 6.07 Å². The minimum atomic E-state index is 0.210. The van der Waals surface area contributed by atoms with Crippen LogP contribution in [0.25, 0.3) is 0 Å². The SMILES string of the molecule is COc1cc([15NH2])nc(OC)n1. The predicted octanol–water partition coefficient (Wildman–Crippen LogP) is 0.0760. The first kappa shape index (κ1) is 7.59. The van der Waals surface area contributed by atoms with Gasteiger partial charge in [0.05, 0.1) is 14.2 Å². The Kier molecular flexibility index (Phi) is 2.10. The number of rotatable bonds is 2. The summed E-state index contributed by atoms with van der Waals surface area (Å²) in [5, 5.41) is 0. The molecule has 1 aromatic rings. The number of methoxy groups -OCH3 is 2. The molecule has 1 rings (SSSR count). The van der Waals surface area contributed by atoms with Gasteiger partial charge in [-0.05, 0) is 0 Å². The predicted molar refractivity (Wildman–Crippen MR) is 39.5 cm³/mol. The van der Waals surface area contributed by atoms with Gasteiger partial charge in [0.1, 0.15) is 5.82 Å². The molecule has 0 radical (unpaired) electrons. The Morgan fingerprint density at radius 3 is 2.55 bits per heavy atom. The molecule has 0 atom stereocenters. The number of hydrogen-bond acceptors (Lipinski definition) is 5. The number of ether oxygens (including phenoxy) is 2. The second-order valence-electron chi connectivity index (χ2n) is 1.82. The molecule has 0 aliphatic rings. The molecule has 2 N–H and O–H groups in total. The molecule has 0 aliphatic heterocycles. The highest BCUT2D eigenvalue weighted by Gasteiger charge is 2.00. The number of anilines is 1. The summed E-state index contributed by atoms with van der Waals surface area (Å²) in [6.07, 6.45) is 0. The van der Waals surface area contributed by atoms with Crippen molar-refractivity contribution in [2.24, 2.45) is 0 Å². The lowest BCUT2D eigenvalue weighted by atomic mass is 10.6. The molecule has 0 aliphatic carbocycles. The Labute approximate surface area is 64.2 Å². The van der Waals surface area contributed by atoms with Crippen LogP contribution in [0.3, 0.4) is 0 Å². The molecule has 0 unspecified atom stereocenters. The van der Waals surface area contributed by atoms with Gasteiger partial charge in [0.25, 0.3) is 0 Å². The van der Waals surface area contributed by atoms with Gasteiger partial charge in [-0.1, -0.05) is 0 Å². The third-order valence-corrected chi connectivity index (χ3v) is 1.09. The molecule has 1 aromatic heterocycles. The Hall–Kier alpha value is -1.52. The molecule has 11 heavy (non-hydrogen) atoms. The number of nitrogens with two attached hydrogens (primary N) is 1. The van der Waals surface area contributed by atoms with E-state index in [1.165, 1.54) is 20.3 Å². The van der Waals surface area contributed by atoms with Gasteiger partial charge in [0.2, 0.25) is 5.88 Å². The molecule has 0 spiro atoms. The van der Waals surface area contributed by atoms with Gasteiger partial charge in [-0.2, -0.15) is 9.97 Å². The van der Waals surface area contributed by atoms with Crippen molar-refractivity contribution in [3.05, 3.63) is 6.07 Å². The van der Waals surface area contributed by atoms with E-state index in [1.807, 2.05) is 0 Å². The molecule has 0 fully saturated rings. The summed E-state index contributed by atoms with van der Waals surface area (Å²) >= 11 is 0. The van der Waals surface area contributed by atoms with E-state index in [4.69, 9.17) is 15.2 Å². The van der Waals surface area contributed by atoms with Crippen LogP contribution < -0.4 is 15.2 Å². The normalized spacial score (nSPS) is 9.27. The van der Waals surface area contributed by atoms with E-state index in [0.29, 0.717) is 11.7 Å². The molecule has 0 bridgehead atoms. The average molecular weight is 156 g/mol. The van der Waals surface area contributed by atoms with E-state index in [1.54, 1.807) is 0 Å². The third kappa shape index (κ3) is 1.70. The smallest absolute Gasteiger partial charge is 0.321 e. The van der Waals surface area contributed by atoms with E-state index in [2.05, 4.69) is 9.97 Å². The van der Waals surface area contributed by atoms with Gasteiger partial charge in [-0.15, -0.1) is 0 Å². The molecule has 60 valence electrons. The van der Waals surface area contributed by atoms with Crippen LogP contribution in [-0.4, -0.2) is 24.2 Å². The highest BCUT2D eigenvalue weighted by Crippen LogP contribution is 2.13. The standard InChI is InChI=1S/C6H9N3O2/c1-10-5-3-4(7)8-6(9-5)11-2/h3H,1-2H3,(H2,7,8,9)/i7+1. The minimum absolute atomic E-state index is 0.210. The maximum Gasteiger partial charge on any atom is 0.321 e. The molecule has 1 heterocycles. The lowest BCUT2D eigenvalue weighted by molar-refractivity contribution is 0.353. The van der Waals surface area contributed by atoms with Crippen molar-refractivity contribution in [1.29, 1.82) is 0 Å². The zero-order chi connectivity index (χ0) is 8.27. The lowest BCUT2D eigenvalue weighted by Gasteiger charge is -2.01. The van der Waals surface area contributed by atoms with Crippen molar-refractivity contribution >= 4 is 5.82 Å². The lowest BCUT2D eigenvalue weighted by Crippen LogP contribution is -1.98. The highest BCUT2D eigenvalue weighted by atomic mass is 16.5. The van der Waals surface area contributed by atoms with Crippen LogP contribution in [0.5, 0.6) is 11.9 Å². The fourth-order valence-electron chi connectivity index (χ4n) is 0.617. The monoisotopic (exact) mass is 156 g/mol. The van der Waals surface area contributed by atoms with Crippen LogP contribution in [0.1, 0.15) is 0 Å². The first-order chi connectivity index (χ1) is 5.26. The second kappa shape index (κ2) is 3.05. The minimum Gasteiger partial charge on any atom is -0.481 e. The first-order valence-corrected chi connectivity index (χ1v) is 2.99.